The van der Waals surface area contributed by atoms with Gasteiger partial charge >= 0.3 is 0 Å². The molecule has 3 N–H and O–H groups in total. The number of nitrogens with zero attached hydrogens (tertiary/aromatic N) is 3. The number of rotatable bonds is 6. The number of hydrogen-bond donors (Lipinski definition) is 2. The van der Waals surface area contributed by atoms with Crippen molar-refractivity contribution in [1.82, 2.24) is 19.8 Å². The molecule has 1 aliphatic rings. The maximum Gasteiger partial charge on any atom is 0.248 e. The van der Waals surface area contributed by atoms with Crippen LogP contribution in [-0.2, 0) is 6.54 Å². The lowest BCUT2D eigenvalue weighted by molar-refractivity contribution is 0.100. The number of benzene rings is 2. The predicted octanol–water partition coefficient (Wildman–Crippen LogP) is 4.13. The van der Waals surface area contributed by atoms with Crippen molar-refractivity contribution < 1.29 is 4.79 Å². The average molecular weight is 440 g/mol. The topological polar surface area (TPSA) is 78.2 Å². The highest BCUT2D eigenvalue weighted by Crippen LogP contribution is 2.31. The van der Waals surface area contributed by atoms with Gasteiger partial charge in [0.1, 0.15) is 5.65 Å². The molecule has 33 heavy (non-hydrogen) atoms. The fourth-order valence-corrected chi connectivity index (χ4v) is 4.54. The van der Waals surface area contributed by atoms with E-state index in [4.69, 9.17) is 5.73 Å². The number of carbonyl (C=O) groups is 1. The molecule has 0 spiro atoms. The van der Waals surface area contributed by atoms with Crippen LogP contribution in [0.2, 0.25) is 0 Å². The van der Waals surface area contributed by atoms with Gasteiger partial charge in [-0.3, -0.25) is 9.69 Å². The summed E-state index contributed by atoms with van der Waals surface area (Å²) < 4.78 is 0. The van der Waals surface area contributed by atoms with Crippen LogP contribution in [0.3, 0.4) is 0 Å². The summed E-state index contributed by atoms with van der Waals surface area (Å²) in [4.78, 5) is 24.3. The van der Waals surface area contributed by atoms with E-state index in [0.29, 0.717) is 5.56 Å². The molecule has 1 aliphatic heterocycles. The minimum atomic E-state index is -0.420. The zero-order valence-corrected chi connectivity index (χ0v) is 18.9. The number of aromatic nitrogens is 2. The molecule has 1 fully saturated rings. The Labute approximate surface area is 194 Å². The molecule has 3 heterocycles. The molecule has 168 valence electrons. The second-order valence-electron chi connectivity index (χ2n) is 8.67. The maximum absolute atomic E-state index is 11.4. The summed E-state index contributed by atoms with van der Waals surface area (Å²) in [6.07, 6.45) is 3.87. The summed E-state index contributed by atoms with van der Waals surface area (Å²) in [5, 5.41) is 1.05. The molecule has 1 saturated heterocycles. The SMILES string of the molecule is CCN1CCN(Cc2ccc(-c3cnc4[nH]cc(-c5ccc(C(N)=O)cc5)c4c3)cc2)CC1. The van der Waals surface area contributed by atoms with Gasteiger partial charge in [-0.05, 0) is 41.4 Å². The van der Waals surface area contributed by atoms with E-state index in [0.717, 1.165) is 72.6 Å². The van der Waals surface area contributed by atoms with Gasteiger partial charge in [-0.2, -0.15) is 0 Å². The molecule has 6 nitrogen and oxygen atoms in total. The number of pyridine rings is 1. The predicted molar refractivity (Wildman–Crippen MR) is 133 cm³/mol. The second-order valence-corrected chi connectivity index (χ2v) is 8.67. The number of nitrogens with one attached hydrogen (secondary N) is 1. The Kier molecular flexibility index (Phi) is 5.94. The molecule has 4 aromatic rings. The van der Waals surface area contributed by atoms with Gasteiger partial charge in [0.15, 0.2) is 0 Å². The Morgan fingerprint density at radius 2 is 1.61 bits per heavy atom. The normalized spacial score (nSPS) is 15.2. The maximum atomic E-state index is 11.4. The quantitative estimate of drug-likeness (QED) is 0.473. The highest BCUT2D eigenvalue weighted by molar-refractivity contribution is 5.97. The van der Waals surface area contributed by atoms with E-state index in [-0.39, 0.29) is 0 Å². The van der Waals surface area contributed by atoms with Gasteiger partial charge in [0.05, 0.1) is 0 Å². The number of piperazine rings is 1. The van der Waals surface area contributed by atoms with Gasteiger partial charge in [0.2, 0.25) is 5.91 Å². The first-order valence-corrected chi connectivity index (χ1v) is 11.5. The Hall–Kier alpha value is -3.48. The van der Waals surface area contributed by atoms with Crippen molar-refractivity contribution in [3.63, 3.8) is 0 Å². The van der Waals surface area contributed by atoms with Crippen LogP contribution in [0.1, 0.15) is 22.8 Å². The lowest BCUT2D eigenvalue weighted by Crippen LogP contribution is -2.45. The Balaban J connectivity index is 1.35. The molecule has 0 radical (unpaired) electrons. The van der Waals surface area contributed by atoms with Crippen LogP contribution >= 0.6 is 0 Å². The highest BCUT2D eigenvalue weighted by atomic mass is 16.1. The van der Waals surface area contributed by atoms with Crippen LogP contribution in [-0.4, -0.2) is 58.4 Å². The average Bonchev–Trinajstić information content (AvgIpc) is 3.28. The molecule has 2 aromatic heterocycles. The highest BCUT2D eigenvalue weighted by Gasteiger charge is 2.15. The van der Waals surface area contributed by atoms with E-state index >= 15 is 0 Å². The summed E-state index contributed by atoms with van der Waals surface area (Å²) >= 11 is 0. The van der Waals surface area contributed by atoms with Crippen LogP contribution < -0.4 is 5.73 Å². The van der Waals surface area contributed by atoms with E-state index in [2.05, 4.69) is 57.0 Å². The summed E-state index contributed by atoms with van der Waals surface area (Å²) in [5.74, 6) is -0.420. The van der Waals surface area contributed by atoms with Crippen LogP contribution in [0.25, 0.3) is 33.3 Å². The molecular formula is C27H29N5O. The van der Waals surface area contributed by atoms with Crippen LogP contribution in [0.5, 0.6) is 0 Å². The number of aromatic amines is 1. The number of nitrogens with two attached hydrogens (primary N) is 1. The Morgan fingerprint density at radius 1 is 0.939 bits per heavy atom. The van der Waals surface area contributed by atoms with Gasteiger partial charge in [-0.15, -0.1) is 0 Å². The smallest absolute Gasteiger partial charge is 0.248 e. The summed E-state index contributed by atoms with van der Waals surface area (Å²) in [6.45, 7) is 8.95. The molecule has 0 atom stereocenters. The number of fused-ring (bicyclic) bond motifs is 1. The first kappa shape index (κ1) is 21.4. The number of primary amides is 1. The number of carbonyl (C=O) groups excluding carboxylic acids is 1. The molecule has 1 amide bonds. The molecule has 0 bridgehead atoms. The van der Waals surface area contributed by atoms with Gasteiger partial charge in [0.25, 0.3) is 0 Å². The monoisotopic (exact) mass is 439 g/mol. The number of H-pyrrole nitrogens is 1. The van der Waals surface area contributed by atoms with E-state index in [1.54, 1.807) is 12.1 Å². The van der Waals surface area contributed by atoms with Gasteiger partial charge < -0.3 is 15.6 Å². The van der Waals surface area contributed by atoms with Crippen molar-refractivity contribution in [2.45, 2.75) is 13.5 Å². The molecule has 0 aliphatic carbocycles. The summed E-state index contributed by atoms with van der Waals surface area (Å²) in [5.41, 5.74) is 12.4. The van der Waals surface area contributed by atoms with Crippen LogP contribution in [0, 0.1) is 0 Å². The van der Waals surface area contributed by atoms with Gasteiger partial charge in [-0.25, -0.2) is 4.98 Å². The minimum Gasteiger partial charge on any atom is -0.366 e. The zero-order chi connectivity index (χ0) is 22.8. The van der Waals surface area contributed by atoms with Crippen molar-refractivity contribution in [1.29, 1.82) is 0 Å². The van der Waals surface area contributed by atoms with E-state index < -0.39 is 5.91 Å². The summed E-state index contributed by atoms with van der Waals surface area (Å²) in [7, 11) is 0. The fourth-order valence-electron chi connectivity index (χ4n) is 4.54. The zero-order valence-electron chi connectivity index (χ0n) is 18.9. The standard InChI is InChI=1S/C27H29N5O/c1-2-31-11-13-32(14-12-31)18-19-3-5-20(6-4-19)23-15-24-25(17-30-27(24)29-16-23)21-7-9-22(10-8-21)26(28)33/h3-10,15-17H,2,11-14,18H2,1H3,(H2,28,33)(H,29,30). The third-order valence-electron chi connectivity index (χ3n) is 6.62. The molecule has 5 rings (SSSR count). The Morgan fingerprint density at radius 3 is 2.27 bits per heavy atom. The summed E-state index contributed by atoms with van der Waals surface area (Å²) in [6, 6.07) is 18.4. The van der Waals surface area contributed by atoms with Crippen molar-refractivity contribution >= 4 is 16.9 Å². The van der Waals surface area contributed by atoms with Crippen molar-refractivity contribution in [3.8, 4) is 22.3 Å². The minimum absolute atomic E-state index is 0.420. The molecule has 0 saturated carbocycles. The molecular weight excluding hydrogens is 410 g/mol. The van der Waals surface area contributed by atoms with E-state index in [1.807, 2.05) is 24.5 Å². The largest absolute Gasteiger partial charge is 0.366 e. The first-order valence-electron chi connectivity index (χ1n) is 11.5. The van der Waals surface area contributed by atoms with Crippen molar-refractivity contribution in [3.05, 3.63) is 78.1 Å². The third-order valence-corrected chi connectivity index (χ3v) is 6.62. The molecule has 2 aromatic carbocycles. The first-order chi connectivity index (χ1) is 16.1. The van der Waals surface area contributed by atoms with Crippen LogP contribution in [0.4, 0.5) is 0 Å². The van der Waals surface area contributed by atoms with E-state index in [9.17, 15) is 4.79 Å². The van der Waals surface area contributed by atoms with Crippen molar-refractivity contribution in [2.75, 3.05) is 32.7 Å². The second kappa shape index (κ2) is 9.17. The lowest BCUT2D eigenvalue weighted by Gasteiger charge is -2.34. The number of hydrogen-bond acceptors (Lipinski definition) is 4. The Bertz CT molecular complexity index is 1250. The van der Waals surface area contributed by atoms with Crippen molar-refractivity contribution in [2.24, 2.45) is 5.73 Å². The van der Waals surface area contributed by atoms with Gasteiger partial charge in [-0.1, -0.05) is 43.3 Å². The molecule has 0 unspecified atom stereocenters. The number of amides is 1. The molecule has 6 heteroatoms. The fraction of sp³-hybridized carbons (Fsp3) is 0.259. The van der Waals surface area contributed by atoms with E-state index in [1.165, 1.54) is 5.56 Å². The number of likely N-dealkylation sites (N-methyl/N-ethyl adjacent to an activating group) is 1. The lowest BCUT2D eigenvalue weighted by atomic mass is 10.0. The third kappa shape index (κ3) is 4.53. The van der Waals surface area contributed by atoms with Crippen LogP contribution in [0.15, 0.2) is 67.0 Å². The van der Waals surface area contributed by atoms with Gasteiger partial charge in [0, 0.05) is 67.2 Å².